The Bertz CT molecular complexity index is 1070. The van der Waals surface area contributed by atoms with Crippen LogP contribution in [0.5, 0.6) is 0 Å². The molecule has 1 N–H and O–H groups in total. The van der Waals surface area contributed by atoms with Crippen LogP contribution in [0, 0.1) is 34.5 Å². The predicted octanol–water partition coefficient (Wildman–Crippen LogP) is 3.68. The molecular formula is C29H38N4O2. The molecule has 1 aromatic rings. The molecule has 3 saturated carbocycles. The highest BCUT2D eigenvalue weighted by Crippen LogP contribution is 2.73. The topological polar surface area (TPSA) is 68.6 Å². The number of nitrogens with zero attached hydrogens (tertiary/aromatic N) is 3. The first kappa shape index (κ1) is 22.1. The first-order valence-electron chi connectivity index (χ1n) is 14.0. The average molecular weight is 475 g/mol. The van der Waals surface area contributed by atoms with Gasteiger partial charge in [-0.15, -0.1) is 0 Å². The summed E-state index contributed by atoms with van der Waals surface area (Å²) in [7, 11) is 0. The largest absolute Gasteiger partial charge is 0.378 e. The minimum atomic E-state index is 0.0682. The van der Waals surface area contributed by atoms with E-state index in [0.29, 0.717) is 44.2 Å². The number of carbonyl (C=O) groups is 1. The van der Waals surface area contributed by atoms with Crippen molar-refractivity contribution in [1.29, 1.82) is 5.26 Å². The molecule has 1 aromatic carbocycles. The van der Waals surface area contributed by atoms with E-state index in [1.807, 2.05) is 11.0 Å². The lowest BCUT2D eigenvalue weighted by molar-refractivity contribution is -0.0953. The van der Waals surface area contributed by atoms with E-state index in [-0.39, 0.29) is 22.9 Å². The van der Waals surface area contributed by atoms with Crippen LogP contribution in [0.2, 0.25) is 0 Å². The third-order valence-electron chi connectivity index (χ3n) is 10.9. The molecule has 0 spiro atoms. The summed E-state index contributed by atoms with van der Waals surface area (Å²) < 4.78 is 5.48. The molecule has 5 fully saturated rings. The molecule has 7 rings (SSSR count). The zero-order valence-electron chi connectivity index (χ0n) is 21.0. The van der Waals surface area contributed by atoms with E-state index in [0.717, 1.165) is 37.3 Å². The highest BCUT2D eigenvalue weighted by Gasteiger charge is 2.73. The van der Waals surface area contributed by atoms with Crippen LogP contribution in [0.1, 0.15) is 62.1 Å². The summed E-state index contributed by atoms with van der Waals surface area (Å²) >= 11 is 0. The van der Waals surface area contributed by atoms with Crippen LogP contribution in [0.3, 0.4) is 0 Å². The number of nitrogens with one attached hydrogen (secondary N) is 1. The maximum Gasteiger partial charge on any atom is 0.317 e. The Morgan fingerprint density at radius 1 is 1.20 bits per heavy atom. The molecule has 2 heterocycles. The van der Waals surface area contributed by atoms with Crippen LogP contribution >= 0.6 is 0 Å². The Hall–Kier alpha value is -2.10. The van der Waals surface area contributed by atoms with Gasteiger partial charge in [-0.25, -0.2) is 4.79 Å². The number of morpholine rings is 1. The molecule has 6 atom stereocenters. The van der Waals surface area contributed by atoms with Crippen molar-refractivity contribution >= 4 is 6.03 Å². The second-order valence-electron chi connectivity index (χ2n) is 12.4. The fourth-order valence-electron chi connectivity index (χ4n) is 9.58. The average Bonchev–Trinajstić information content (AvgIpc) is 3.67. The zero-order valence-corrected chi connectivity index (χ0v) is 21.0. The van der Waals surface area contributed by atoms with Crippen LogP contribution in [0.25, 0.3) is 0 Å². The minimum absolute atomic E-state index is 0.0682. The van der Waals surface area contributed by atoms with Gasteiger partial charge < -0.3 is 15.0 Å². The normalized spacial score (nSPS) is 39.9. The molecule has 0 aromatic heterocycles. The smallest absolute Gasteiger partial charge is 0.317 e. The van der Waals surface area contributed by atoms with Gasteiger partial charge in [0.15, 0.2) is 0 Å². The molecule has 4 bridgehead atoms. The Labute approximate surface area is 209 Å². The van der Waals surface area contributed by atoms with E-state index in [4.69, 9.17) is 4.74 Å². The molecule has 186 valence electrons. The van der Waals surface area contributed by atoms with Gasteiger partial charge in [-0.2, -0.15) is 5.26 Å². The van der Waals surface area contributed by atoms with Crippen molar-refractivity contribution in [1.82, 2.24) is 15.1 Å². The van der Waals surface area contributed by atoms with Gasteiger partial charge in [-0.1, -0.05) is 13.0 Å². The fourth-order valence-corrected chi connectivity index (χ4v) is 9.58. The lowest BCUT2D eigenvalue weighted by Gasteiger charge is -2.66. The summed E-state index contributed by atoms with van der Waals surface area (Å²) in [4.78, 5) is 18.1. The lowest BCUT2D eigenvalue weighted by atomic mass is 9.43. The number of ether oxygens (including phenoxy) is 1. The van der Waals surface area contributed by atoms with E-state index >= 15 is 0 Å². The van der Waals surface area contributed by atoms with E-state index in [2.05, 4.69) is 35.3 Å². The van der Waals surface area contributed by atoms with Crippen LogP contribution < -0.4 is 5.32 Å². The third kappa shape index (κ3) is 3.10. The van der Waals surface area contributed by atoms with Gasteiger partial charge in [-0.05, 0) is 97.9 Å². The Morgan fingerprint density at radius 2 is 2.03 bits per heavy atom. The minimum Gasteiger partial charge on any atom is -0.378 e. The van der Waals surface area contributed by atoms with Crippen LogP contribution in [0.15, 0.2) is 18.2 Å². The molecule has 6 heteroatoms. The summed E-state index contributed by atoms with van der Waals surface area (Å²) in [6, 6.07) is 9.85. The van der Waals surface area contributed by atoms with E-state index in [1.54, 1.807) is 0 Å². The van der Waals surface area contributed by atoms with Gasteiger partial charge in [-0.3, -0.25) is 4.90 Å². The molecule has 5 unspecified atom stereocenters. The Balaban J connectivity index is 1.30. The highest BCUT2D eigenvalue weighted by atomic mass is 16.5. The summed E-state index contributed by atoms with van der Waals surface area (Å²) in [6.45, 7) is 7.51. The van der Waals surface area contributed by atoms with Gasteiger partial charge in [0.25, 0.3) is 0 Å². The van der Waals surface area contributed by atoms with E-state index < -0.39 is 0 Å². The molecule has 35 heavy (non-hydrogen) atoms. The maximum absolute atomic E-state index is 13.3. The molecular weight excluding hydrogens is 436 g/mol. The van der Waals surface area contributed by atoms with Crippen molar-refractivity contribution in [2.45, 2.75) is 69.4 Å². The quantitative estimate of drug-likeness (QED) is 0.726. The molecule has 6 aliphatic rings. The number of rotatable bonds is 3. The molecule has 0 radical (unpaired) electrons. The third-order valence-corrected chi connectivity index (χ3v) is 10.9. The summed E-state index contributed by atoms with van der Waals surface area (Å²) in [5, 5.41) is 13.3. The van der Waals surface area contributed by atoms with Crippen LogP contribution in [-0.2, 0) is 16.6 Å². The standard InChI is InChI=1S/C29H38N4O2/c1-19-16-28-7-6-24(31-27(34)32-10-12-35-13-11-32)26(19)29(28)8-9-33(18-20-2-3-20)25(28)15-22-5-4-21(17-30)14-23(22)29/h4-5,14,19-20,24-26H,2-3,6-13,15-16,18H2,1H3,(H,31,34)/t19-,24?,25?,26?,28?,29?/m0/s1. The molecule has 2 amide bonds. The second kappa shape index (κ2) is 7.95. The van der Waals surface area contributed by atoms with Gasteiger partial charge in [0, 0.05) is 37.1 Å². The van der Waals surface area contributed by atoms with Crippen molar-refractivity contribution in [3.63, 3.8) is 0 Å². The highest BCUT2D eigenvalue weighted by molar-refractivity contribution is 5.75. The SMILES string of the molecule is C[C@H]1CC23CCC(NC(=O)N4CCOCC4)C1C21CCN(CC2CC2)C3Cc2ccc(C#N)cc21. The first-order chi connectivity index (χ1) is 17.1. The maximum atomic E-state index is 13.3. The fraction of sp³-hybridized carbons (Fsp3) is 0.724. The number of amides is 2. The monoisotopic (exact) mass is 474 g/mol. The molecule has 6 nitrogen and oxygen atoms in total. The number of hydrogen-bond donors (Lipinski definition) is 1. The van der Waals surface area contributed by atoms with Crippen molar-refractivity contribution in [3.05, 3.63) is 34.9 Å². The van der Waals surface area contributed by atoms with Gasteiger partial charge in [0.1, 0.15) is 0 Å². The number of piperidine rings is 1. The molecule has 4 aliphatic carbocycles. The van der Waals surface area contributed by atoms with Crippen molar-refractivity contribution in [3.8, 4) is 6.07 Å². The predicted molar refractivity (Wildman–Crippen MR) is 133 cm³/mol. The van der Waals surface area contributed by atoms with E-state index in [1.165, 1.54) is 43.4 Å². The van der Waals surface area contributed by atoms with Crippen molar-refractivity contribution < 1.29 is 9.53 Å². The number of hydrogen-bond acceptors (Lipinski definition) is 4. The van der Waals surface area contributed by atoms with Crippen molar-refractivity contribution in [2.75, 3.05) is 39.4 Å². The summed E-state index contributed by atoms with van der Waals surface area (Å²) in [5.41, 5.74) is 4.05. The van der Waals surface area contributed by atoms with Crippen molar-refractivity contribution in [2.24, 2.45) is 23.2 Å². The Morgan fingerprint density at radius 3 is 2.80 bits per heavy atom. The number of carbonyl (C=O) groups excluding carboxylic acids is 1. The molecule has 2 aliphatic heterocycles. The van der Waals surface area contributed by atoms with Gasteiger partial charge >= 0.3 is 6.03 Å². The van der Waals surface area contributed by atoms with Crippen LogP contribution in [0.4, 0.5) is 4.79 Å². The lowest BCUT2D eigenvalue weighted by Crippen LogP contribution is -2.70. The Kier molecular flexibility index (Phi) is 5.03. The number of fused-ring (bicyclic) bond motifs is 1. The zero-order chi connectivity index (χ0) is 23.8. The number of benzene rings is 1. The van der Waals surface area contributed by atoms with Gasteiger partial charge in [0.05, 0.1) is 24.8 Å². The van der Waals surface area contributed by atoms with Crippen LogP contribution in [-0.4, -0.2) is 67.3 Å². The molecule has 2 saturated heterocycles. The first-order valence-corrected chi connectivity index (χ1v) is 14.0. The van der Waals surface area contributed by atoms with Gasteiger partial charge in [0.2, 0.25) is 0 Å². The second-order valence-corrected chi connectivity index (χ2v) is 12.4. The number of likely N-dealkylation sites (tertiary alicyclic amines) is 1. The number of nitriles is 1. The van der Waals surface area contributed by atoms with E-state index in [9.17, 15) is 10.1 Å². The summed E-state index contributed by atoms with van der Waals surface area (Å²) in [6.07, 6.45) is 8.61. The summed E-state index contributed by atoms with van der Waals surface area (Å²) in [5.74, 6) is 1.90. The number of urea groups is 1.